The van der Waals surface area contributed by atoms with Crippen LogP contribution >= 0.6 is 0 Å². The van der Waals surface area contributed by atoms with E-state index < -0.39 is 18.9 Å². The van der Waals surface area contributed by atoms with Crippen LogP contribution in [0, 0.1) is 6.08 Å². The van der Waals surface area contributed by atoms with Crippen LogP contribution in [0.3, 0.4) is 0 Å². The Hall–Kier alpha value is -1.10. The molecular formula is C7H5BF3O2+. The van der Waals surface area contributed by atoms with Crippen molar-refractivity contribution in [2.45, 2.75) is 6.18 Å². The first-order valence-electron chi connectivity index (χ1n) is 3.36. The van der Waals surface area contributed by atoms with Crippen molar-refractivity contribution < 1.29 is 23.2 Å². The number of alkyl halides is 3. The van der Waals surface area contributed by atoms with Crippen LogP contribution in [-0.4, -0.2) is 23.3 Å². The molecule has 0 aromatic carbocycles. The van der Waals surface area contributed by atoms with Crippen molar-refractivity contribution >= 4 is 7.12 Å². The summed E-state index contributed by atoms with van der Waals surface area (Å²) < 4.78 is 36.1. The predicted molar refractivity (Wildman–Crippen MR) is 40.2 cm³/mol. The Labute approximate surface area is 72.8 Å². The second kappa shape index (κ2) is 3.34. The maximum atomic E-state index is 12.0. The van der Waals surface area contributed by atoms with Gasteiger partial charge in [0.1, 0.15) is 6.08 Å². The number of rotatable bonds is 1. The van der Waals surface area contributed by atoms with E-state index in [1.54, 1.807) is 0 Å². The first kappa shape index (κ1) is 9.99. The van der Waals surface area contributed by atoms with Gasteiger partial charge in [-0.25, -0.2) is 0 Å². The highest BCUT2D eigenvalue weighted by Crippen LogP contribution is 2.29. The van der Waals surface area contributed by atoms with Crippen LogP contribution in [0.5, 0.6) is 0 Å². The van der Waals surface area contributed by atoms with Gasteiger partial charge in [-0.15, -0.1) is 0 Å². The van der Waals surface area contributed by atoms with Crippen LogP contribution in [0.15, 0.2) is 29.3 Å². The third kappa shape index (κ3) is 2.42. The quantitative estimate of drug-likeness (QED) is 0.472. The molecule has 0 aromatic heterocycles. The molecule has 0 unspecified atom stereocenters. The summed E-state index contributed by atoms with van der Waals surface area (Å²) in [5.41, 5.74) is -1.22. The van der Waals surface area contributed by atoms with Gasteiger partial charge in [-0.05, 0) is 0 Å². The molecule has 0 atom stereocenters. The van der Waals surface area contributed by atoms with E-state index in [-0.39, 0.29) is 5.47 Å². The molecule has 0 saturated heterocycles. The predicted octanol–water partition coefficient (Wildman–Crippen LogP) is 0.786. The Morgan fingerprint density at radius 3 is 2.38 bits per heavy atom. The summed E-state index contributed by atoms with van der Waals surface area (Å²) in [5.74, 6) is 0. The highest BCUT2D eigenvalue weighted by molar-refractivity contribution is 6.52. The first-order valence-corrected chi connectivity index (χ1v) is 3.36. The molecule has 0 bridgehead atoms. The minimum absolute atomic E-state index is 0.203. The number of allylic oxidation sites excluding steroid dienone is 6. The lowest BCUT2D eigenvalue weighted by Gasteiger charge is -2.03. The zero-order valence-corrected chi connectivity index (χ0v) is 6.34. The Morgan fingerprint density at radius 1 is 1.31 bits per heavy atom. The summed E-state index contributed by atoms with van der Waals surface area (Å²) in [6.07, 6.45) is 0.241. The summed E-state index contributed by atoms with van der Waals surface area (Å²) in [7, 11) is -1.89. The van der Waals surface area contributed by atoms with Crippen LogP contribution < -0.4 is 0 Å². The summed E-state index contributed by atoms with van der Waals surface area (Å²) in [5, 5.41) is 17.2. The zero-order valence-electron chi connectivity index (χ0n) is 6.34. The topological polar surface area (TPSA) is 40.5 Å². The van der Waals surface area contributed by atoms with Crippen LogP contribution in [0.2, 0.25) is 0 Å². The van der Waals surface area contributed by atoms with Gasteiger partial charge in [-0.1, -0.05) is 0 Å². The van der Waals surface area contributed by atoms with E-state index in [0.29, 0.717) is 6.08 Å². The van der Waals surface area contributed by atoms with E-state index >= 15 is 0 Å². The molecular weight excluding hydrogens is 184 g/mol. The fourth-order valence-corrected chi connectivity index (χ4v) is 0.808. The van der Waals surface area contributed by atoms with Crippen molar-refractivity contribution in [3.05, 3.63) is 35.3 Å². The van der Waals surface area contributed by atoms with Crippen LogP contribution in [0.4, 0.5) is 13.2 Å². The molecule has 2 N–H and O–H groups in total. The lowest BCUT2D eigenvalue weighted by molar-refractivity contribution is -0.0886. The highest BCUT2D eigenvalue weighted by atomic mass is 19.4. The molecule has 0 fully saturated rings. The lowest BCUT2D eigenvalue weighted by Crippen LogP contribution is -2.18. The van der Waals surface area contributed by atoms with Gasteiger partial charge >= 0.3 is 13.3 Å². The smallest absolute Gasteiger partial charge is 0.422 e. The average molecular weight is 189 g/mol. The summed E-state index contributed by atoms with van der Waals surface area (Å²) >= 11 is 0. The number of hydrogen-bond acceptors (Lipinski definition) is 2. The van der Waals surface area contributed by atoms with E-state index in [0.717, 1.165) is 12.2 Å². The van der Waals surface area contributed by atoms with Gasteiger partial charge in [-0.2, -0.15) is 13.2 Å². The van der Waals surface area contributed by atoms with Crippen LogP contribution in [0.25, 0.3) is 0 Å². The third-order valence-corrected chi connectivity index (χ3v) is 1.43. The van der Waals surface area contributed by atoms with Crippen molar-refractivity contribution in [2.24, 2.45) is 0 Å². The standard InChI is InChI=1S/C7H5BF3O2/c9-7(10,11)5-2-1-3-6(4-5)8(12)13/h1,3-4,12-13H/q+1. The van der Waals surface area contributed by atoms with Gasteiger partial charge < -0.3 is 10.0 Å². The van der Waals surface area contributed by atoms with Crippen LogP contribution in [0.1, 0.15) is 0 Å². The third-order valence-electron chi connectivity index (χ3n) is 1.43. The minimum atomic E-state index is -4.51. The first-order chi connectivity index (χ1) is 5.91. The van der Waals surface area contributed by atoms with E-state index in [9.17, 15) is 13.2 Å². The number of hydrogen-bond donors (Lipinski definition) is 2. The highest BCUT2D eigenvalue weighted by Gasteiger charge is 2.40. The maximum absolute atomic E-state index is 12.0. The normalized spacial score (nSPS) is 16.1. The average Bonchev–Trinajstić information content (AvgIpc) is 2.03. The Bertz CT molecular complexity index is 289. The van der Waals surface area contributed by atoms with E-state index in [4.69, 9.17) is 10.0 Å². The number of halogens is 3. The Kier molecular flexibility index (Phi) is 2.56. The van der Waals surface area contributed by atoms with E-state index in [1.165, 1.54) is 0 Å². The molecule has 0 heterocycles. The fraction of sp³-hybridized carbons (Fsp3) is 0.143. The zero-order chi connectivity index (χ0) is 10.1. The molecule has 2 nitrogen and oxygen atoms in total. The Balaban J connectivity index is 2.94. The molecule has 1 aliphatic carbocycles. The van der Waals surface area contributed by atoms with Gasteiger partial charge in [0.05, 0.1) is 17.6 Å². The van der Waals surface area contributed by atoms with Crippen molar-refractivity contribution in [1.29, 1.82) is 0 Å². The van der Waals surface area contributed by atoms with Gasteiger partial charge in [-0.3, -0.25) is 0 Å². The fourth-order valence-electron chi connectivity index (χ4n) is 0.808. The largest absolute Gasteiger partial charge is 0.517 e. The summed E-state index contributed by atoms with van der Waals surface area (Å²) in [4.78, 5) is 0. The second-order valence-electron chi connectivity index (χ2n) is 2.41. The molecule has 0 aromatic rings. The molecule has 1 rings (SSSR count). The summed E-state index contributed by atoms with van der Waals surface area (Å²) in [6, 6.07) is 0. The molecule has 0 amide bonds. The van der Waals surface area contributed by atoms with Gasteiger partial charge in [0, 0.05) is 6.08 Å². The van der Waals surface area contributed by atoms with Gasteiger partial charge in [0.2, 0.25) is 5.57 Å². The van der Waals surface area contributed by atoms with E-state index in [2.05, 4.69) is 0 Å². The monoisotopic (exact) mass is 189 g/mol. The molecule has 0 saturated carbocycles. The molecule has 6 heteroatoms. The van der Waals surface area contributed by atoms with Crippen molar-refractivity contribution in [3.8, 4) is 0 Å². The molecule has 1 aliphatic rings. The molecule has 0 spiro atoms. The van der Waals surface area contributed by atoms with Crippen molar-refractivity contribution in [1.82, 2.24) is 0 Å². The molecule has 0 radical (unpaired) electrons. The maximum Gasteiger partial charge on any atom is 0.517 e. The summed E-state index contributed by atoms with van der Waals surface area (Å²) in [6.45, 7) is 0. The van der Waals surface area contributed by atoms with Gasteiger partial charge in [0.15, 0.2) is 0 Å². The molecule has 68 valence electrons. The lowest BCUT2D eigenvalue weighted by atomic mass is 9.76. The van der Waals surface area contributed by atoms with Crippen LogP contribution in [-0.2, 0) is 0 Å². The SMILES string of the molecule is OB(O)C1=CC(C(F)(F)F)=[C+]C=C1. The minimum Gasteiger partial charge on any atom is -0.422 e. The van der Waals surface area contributed by atoms with E-state index in [1.807, 2.05) is 6.08 Å². The van der Waals surface area contributed by atoms with Crippen molar-refractivity contribution in [3.63, 3.8) is 0 Å². The van der Waals surface area contributed by atoms with Gasteiger partial charge in [0.25, 0.3) is 0 Å². The second-order valence-corrected chi connectivity index (χ2v) is 2.41. The van der Waals surface area contributed by atoms with Crippen molar-refractivity contribution in [2.75, 3.05) is 0 Å². The Morgan fingerprint density at radius 2 is 1.92 bits per heavy atom. The molecule has 13 heavy (non-hydrogen) atoms. The molecule has 0 aliphatic heterocycles.